The minimum Gasteiger partial charge on any atom is -0.486 e. The summed E-state index contributed by atoms with van der Waals surface area (Å²) < 4.78 is 6.01. The molecular formula is C16H25NO2. The van der Waals surface area contributed by atoms with Gasteiger partial charge >= 0.3 is 0 Å². The maximum Gasteiger partial charge on any atom is 0.125 e. The van der Waals surface area contributed by atoms with Crippen molar-refractivity contribution in [1.82, 2.24) is 5.32 Å². The summed E-state index contributed by atoms with van der Waals surface area (Å²) in [5.41, 5.74) is 0.906. The quantitative estimate of drug-likeness (QED) is 0.858. The van der Waals surface area contributed by atoms with Crippen LogP contribution >= 0.6 is 0 Å². The summed E-state index contributed by atoms with van der Waals surface area (Å²) >= 11 is 0. The second kappa shape index (κ2) is 5.51. The summed E-state index contributed by atoms with van der Waals surface area (Å²) in [6.07, 6.45) is 0.964. The molecule has 2 rings (SSSR count). The predicted octanol–water partition coefficient (Wildman–Crippen LogP) is 2.90. The molecule has 0 aliphatic carbocycles. The molecule has 0 aromatic heterocycles. The molecule has 0 bridgehead atoms. The number of aliphatic hydroxyl groups excluding tert-OH is 1. The Morgan fingerprint density at radius 1 is 1.32 bits per heavy atom. The van der Waals surface area contributed by atoms with E-state index in [1.54, 1.807) is 0 Å². The van der Waals surface area contributed by atoms with Crippen LogP contribution in [0.1, 0.15) is 45.7 Å². The van der Waals surface area contributed by atoms with Gasteiger partial charge in [-0.15, -0.1) is 0 Å². The fraction of sp³-hybridized carbons (Fsp3) is 0.625. The van der Waals surface area contributed by atoms with E-state index in [4.69, 9.17) is 4.74 Å². The molecule has 3 heteroatoms. The van der Waals surface area contributed by atoms with E-state index in [2.05, 4.69) is 39.1 Å². The zero-order valence-corrected chi connectivity index (χ0v) is 12.3. The van der Waals surface area contributed by atoms with Crippen LogP contribution in [0.3, 0.4) is 0 Å². The molecule has 1 aromatic carbocycles. The third-order valence-electron chi connectivity index (χ3n) is 3.68. The van der Waals surface area contributed by atoms with E-state index in [0.29, 0.717) is 5.92 Å². The number of para-hydroxylation sites is 1. The number of aliphatic hydroxyl groups is 1. The molecule has 0 fully saturated rings. The van der Waals surface area contributed by atoms with Crippen molar-refractivity contribution in [3.63, 3.8) is 0 Å². The molecule has 2 N–H and O–H groups in total. The Morgan fingerprint density at radius 3 is 2.63 bits per heavy atom. The SMILES string of the molecule is CC(C)CC(CO)NC1c2ccccc2OC1(C)C. The molecule has 1 aliphatic rings. The highest BCUT2D eigenvalue weighted by Gasteiger charge is 2.41. The Hall–Kier alpha value is -1.06. The summed E-state index contributed by atoms with van der Waals surface area (Å²) in [6.45, 7) is 8.69. The normalized spacial score (nSPS) is 22.1. The van der Waals surface area contributed by atoms with Gasteiger partial charge in [-0.05, 0) is 32.3 Å². The van der Waals surface area contributed by atoms with Crippen LogP contribution in [0.25, 0.3) is 0 Å². The largest absolute Gasteiger partial charge is 0.486 e. The van der Waals surface area contributed by atoms with Crippen molar-refractivity contribution in [2.75, 3.05) is 6.61 Å². The third-order valence-corrected chi connectivity index (χ3v) is 3.68. The van der Waals surface area contributed by atoms with E-state index in [9.17, 15) is 5.11 Å². The van der Waals surface area contributed by atoms with Gasteiger partial charge in [-0.1, -0.05) is 32.0 Å². The van der Waals surface area contributed by atoms with Gasteiger partial charge in [0.25, 0.3) is 0 Å². The van der Waals surface area contributed by atoms with Gasteiger partial charge in [0.2, 0.25) is 0 Å². The highest BCUT2D eigenvalue weighted by atomic mass is 16.5. The van der Waals surface area contributed by atoms with Crippen molar-refractivity contribution in [2.24, 2.45) is 5.92 Å². The van der Waals surface area contributed by atoms with E-state index in [0.717, 1.165) is 12.2 Å². The molecule has 3 nitrogen and oxygen atoms in total. The van der Waals surface area contributed by atoms with E-state index in [1.165, 1.54) is 5.56 Å². The Kier molecular flexibility index (Phi) is 4.16. The van der Waals surface area contributed by atoms with Gasteiger partial charge in [0.1, 0.15) is 11.4 Å². The maximum atomic E-state index is 9.55. The molecule has 2 atom stereocenters. The Balaban J connectivity index is 2.18. The van der Waals surface area contributed by atoms with Crippen molar-refractivity contribution in [3.8, 4) is 5.75 Å². The minimum atomic E-state index is -0.284. The number of rotatable bonds is 5. The van der Waals surface area contributed by atoms with Gasteiger partial charge in [0.15, 0.2) is 0 Å². The predicted molar refractivity (Wildman–Crippen MR) is 77.4 cm³/mol. The lowest BCUT2D eigenvalue weighted by atomic mass is 9.92. The van der Waals surface area contributed by atoms with Crippen LogP contribution in [0, 0.1) is 5.92 Å². The molecular weight excluding hydrogens is 238 g/mol. The van der Waals surface area contributed by atoms with Gasteiger partial charge in [-0.25, -0.2) is 0 Å². The number of benzene rings is 1. The van der Waals surface area contributed by atoms with Gasteiger partial charge in [0, 0.05) is 11.6 Å². The monoisotopic (exact) mass is 263 g/mol. The summed E-state index contributed by atoms with van der Waals surface area (Å²) in [5, 5.41) is 13.1. The Bertz CT molecular complexity index is 429. The lowest BCUT2D eigenvalue weighted by Gasteiger charge is -2.31. The summed E-state index contributed by atoms with van der Waals surface area (Å²) in [4.78, 5) is 0. The average molecular weight is 263 g/mol. The first-order chi connectivity index (χ1) is 8.94. The number of hydrogen-bond acceptors (Lipinski definition) is 3. The van der Waals surface area contributed by atoms with Gasteiger partial charge < -0.3 is 15.2 Å². The van der Waals surface area contributed by atoms with Crippen LogP contribution in [0.5, 0.6) is 5.75 Å². The molecule has 19 heavy (non-hydrogen) atoms. The summed E-state index contributed by atoms with van der Waals surface area (Å²) in [7, 11) is 0. The van der Waals surface area contributed by atoms with Crippen molar-refractivity contribution < 1.29 is 9.84 Å². The van der Waals surface area contributed by atoms with Crippen LogP contribution in [0.2, 0.25) is 0 Å². The van der Waals surface area contributed by atoms with Crippen LogP contribution in [0.15, 0.2) is 24.3 Å². The van der Waals surface area contributed by atoms with Gasteiger partial charge in [-0.3, -0.25) is 0 Å². The van der Waals surface area contributed by atoms with Gasteiger partial charge in [0.05, 0.1) is 12.6 Å². The summed E-state index contributed by atoms with van der Waals surface area (Å²) in [5.74, 6) is 1.51. The molecule has 0 spiro atoms. The highest BCUT2D eigenvalue weighted by Crippen LogP contribution is 2.43. The number of ether oxygens (including phenoxy) is 1. The first-order valence-corrected chi connectivity index (χ1v) is 7.09. The van der Waals surface area contributed by atoms with Crippen molar-refractivity contribution >= 4 is 0 Å². The molecule has 0 saturated heterocycles. The van der Waals surface area contributed by atoms with Crippen molar-refractivity contribution in [1.29, 1.82) is 0 Å². The van der Waals surface area contributed by atoms with Crippen LogP contribution < -0.4 is 10.1 Å². The Labute approximate surface area is 116 Å². The van der Waals surface area contributed by atoms with Crippen LogP contribution in [0.4, 0.5) is 0 Å². The molecule has 0 amide bonds. The topological polar surface area (TPSA) is 41.5 Å². The Morgan fingerprint density at radius 2 is 2.00 bits per heavy atom. The highest BCUT2D eigenvalue weighted by molar-refractivity contribution is 5.42. The van der Waals surface area contributed by atoms with Crippen molar-refractivity contribution in [2.45, 2.75) is 51.8 Å². The first-order valence-electron chi connectivity index (χ1n) is 7.09. The zero-order valence-electron chi connectivity index (χ0n) is 12.3. The van der Waals surface area contributed by atoms with E-state index in [-0.39, 0.29) is 24.3 Å². The second-order valence-corrected chi connectivity index (χ2v) is 6.35. The smallest absolute Gasteiger partial charge is 0.125 e. The summed E-state index contributed by atoms with van der Waals surface area (Å²) in [6, 6.07) is 8.38. The number of fused-ring (bicyclic) bond motifs is 1. The van der Waals surface area contributed by atoms with E-state index in [1.807, 2.05) is 18.2 Å². The average Bonchev–Trinajstić information content (AvgIpc) is 2.59. The van der Waals surface area contributed by atoms with E-state index >= 15 is 0 Å². The molecule has 106 valence electrons. The lowest BCUT2D eigenvalue weighted by molar-refractivity contribution is 0.0821. The molecule has 1 aromatic rings. The fourth-order valence-corrected chi connectivity index (χ4v) is 2.82. The molecule has 1 heterocycles. The van der Waals surface area contributed by atoms with Gasteiger partial charge in [-0.2, -0.15) is 0 Å². The third kappa shape index (κ3) is 3.10. The van der Waals surface area contributed by atoms with Crippen LogP contribution in [-0.4, -0.2) is 23.4 Å². The first kappa shape index (κ1) is 14.4. The van der Waals surface area contributed by atoms with E-state index < -0.39 is 0 Å². The van der Waals surface area contributed by atoms with Crippen LogP contribution in [-0.2, 0) is 0 Å². The fourth-order valence-electron chi connectivity index (χ4n) is 2.82. The molecule has 0 radical (unpaired) electrons. The maximum absolute atomic E-state index is 9.55. The lowest BCUT2D eigenvalue weighted by Crippen LogP contribution is -2.45. The standard InChI is InChI=1S/C16H25NO2/c1-11(2)9-12(10-18)17-15-13-7-5-6-8-14(13)19-16(15,3)4/h5-8,11-12,15,17-18H,9-10H2,1-4H3. The van der Waals surface area contributed by atoms with Crippen molar-refractivity contribution in [3.05, 3.63) is 29.8 Å². The minimum absolute atomic E-state index is 0.110. The molecule has 1 aliphatic heterocycles. The number of hydrogen-bond donors (Lipinski definition) is 2. The second-order valence-electron chi connectivity index (χ2n) is 6.35. The zero-order chi connectivity index (χ0) is 14.0. The molecule has 2 unspecified atom stereocenters. The number of nitrogens with one attached hydrogen (secondary N) is 1. The molecule has 0 saturated carbocycles.